The summed E-state index contributed by atoms with van der Waals surface area (Å²) in [6.07, 6.45) is 7.39. The first-order valence-corrected chi connectivity index (χ1v) is 9.45. The molecule has 2 nitrogen and oxygen atoms in total. The van der Waals surface area contributed by atoms with Crippen molar-refractivity contribution in [2.75, 3.05) is 12.9 Å². The van der Waals surface area contributed by atoms with Gasteiger partial charge in [0.05, 0.1) is 6.61 Å². The van der Waals surface area contributed by atoms with Gasteiger partial charge in [-0.1, -0.05) is 32.4 Å². The fourth-order valence-electron chi connectivity index (χ4n) is 2.81. The van der Waals surface area contributed by atoms with Crippen molar-refractivity contribution in [2.24, 2.45) is 5.92 Å². The smallest absolute Gasteiger partial charge is 0.119 e. The second kappa shape index (κ2) is 8.70. The van der Waals surface area contributed by atoms with E-state index >= 15 is 0 Å². The molecule has 2 atom stereocenters. The lowest BCUT2D eigenvalue weighted by molar-refractivity contribution is 0.289. The van der Waals surface area contributed by atoms with Gasteiger partial charge in [-0.3, -0.25) is 0 Å². The third-order valence-electron chi connectivity index (χ3n) is 4.21. The van der Waals surface area contributed by atoms with Crippen molar-refractivity contribution in [1.82, 2.24) is 5.32 Å². The number of hydrogen-bond donors (Lipinski definition) is 1. The minimum absolute atomic E-state index is 0.682. The highest BCUT2D eigenvalue weighted by molar-refractivity contribution is 7.99. The van der Waals surface area contributed by atoms with Gasteiger partial charge in [-0.25, -0.2) is 0 Å². The van der Waals surface area contributed by atoms with Crippen molar-refractivity contribution in [1.29, 1.82) is 0 Å². The molecule has 21 heavy (non-hydrogen) atoms. The van der Waals surface area contributed by atoms with Gasteiger partial charge in [0.15, 0.2) is 0 Å². The molecule has 1 saturated carbocycles. The Bertz CT molecular complexity index is 404. The largest absolute Gasteiger partial charge is 0.494 e. The van der Waals surface area contributed by atoms with Crippen LogP contribution >= 0.6 is 11.8 Å². The highest BCUT2D eigenvalue weighted by Gasteiger charge is 2.25. The molecule has 1 fully saturated rings. The molecule has 0 amide bonds. The Balaban J connectivity index is 1.74. The minimum atomic E-state index is 0.682. The van der Waals surface area contributed by atoms with Gasteiger partial charge in [-0.2, -0.15) is 11.8 Å². The van der Waals surface area contributed by atoms with Crippen molar-refractivity contribution >= 4 is 11.8 Å². The van der Waals surface area contributed by atoms with Gasteiger partial charge < -0.3 is 10.1 Å². The van der Waals surface area contributed by atoms with Crippen LogP contribution < -0.4 is 10.1 Å². The van der Waals surface area contributed by atoms with Crippen LogP contribution in [0.15, 0.2) is 24.3 Å². The molecular formula is C18H29NOS. The summed E-state index contributed by atoms with van der Waals surface area (Å²) in [5.74, 6) is 1.69. The minimum Gasteiger partial charge on any atom is -0.494 e. The average molecular weight is 308 g/mol. The van der Waals surface area contributed by atoms with E-state index in [-0.39, 0.29) is 0 Å². The third-order valence-corrected chi connectivity index (χ3v) is 5.38. The molecule has 0 bridgehead atoms. The molecule has 0 aliphatic heterocycles. The molecule has 2 unspecified atom stereocenters. The van der Waals surface area contributed by atoms with E-state index in [0.29, 0.717) is 12.0 Å². The molecule has 1 aromatic carbocycles. The van der Waals surface area contributed by atoms with Gasteiger partial charge in [-0.05, 0) is 49.1 Å². The van der Waals surface area contributed by atoms with Gasteiger partial charge in [0, 0.05) is 17.8 Å². The topological polar surface area (TPSA) is 21.3 Å². The summed E-state index contributed by atoms with van der Waals surface area (Å²) < 4.78 is 5.76. The molecule has 1 aliphatic carbocycles. The number of hydrogen-bond acceptors (Lipinski definition) is 3. The van der Waals surface area contributed by atoms with Gasteiger partial charge in [-0.15, -0.1) is 0 Å². The average Bonchev–Trinajstić information content (AvgIpc) is 2.93. The lowest BCUT2D eigenvalue weighted by atomic mass is 10.1. The molecule has 0 aromatic heterocycles. The van der Waals surface area contributed by atoms with Crippen molar-refractivity contribution in [3.63, 3.8) is 0 Å². The zero-order chi connectivity index (χ0) is 15.1. The maximum absolute atomic E-state index is 5.76. The third kappa shape index (κ3) is 5.55. The number of thioether (sulfide) groups is 1. The number of rotatable bonds is 8. The Kier molecular flexibility index (Phi) is 6.91. The van der Waals surface area contributed by atoms with Crippen LogP contribution in [0.3, 0.4) is 0 Å². The Morgan fingerprint density at radius 3 is 2.67 bits per heavy atom. The molecule has 1 N–H and O–H groups in total. The summed E-state index contributed by atoms with van der Waals surface area (Å²) in [7, 11) is 0. The second-order valence-corrected chi connectivity index (χ2v) is 7.44. The van der Waals surface area contributed by atoms with Crippen LogP contribution in [0.5, 0.6) is 5.75 Å². The summed E-state index contributed by atoms with van der Waals surface area (Å²) in [5.41, 5.74) is 1.35. The summed E-state index contributed by atoms with van der Waals surface area (Å²) in [5, 5.41) is 4.51. The quantitative estimate of drug-likeness (QED) is 0.765. The summed E-state index contributed by atoms with van der Waals surface area (Å²) >= 11 is 2.01. The van der Waals surface area contributed by atoms with E-state index in [1.54, 1.807) is 0 Å². The molecule has 0 saturated heterocycles. The van der Waals surface area contributed by atoms with Crippen LogP contribution in [0.4, 0.5) is 0 Å². The molecule has 0 spiro atoms. The Morgan fingerprint density at radius 1 is 1.24 bits per heavy atom. The van der Waals surface area contributed by atoms with Gasteiger partial charge in [0.1, 0.15) is 5.75 Å². The maximum Gasteiger partial charge on any atom is 0.119 e. The van der Waals surface area contributed by atoms with Gasteiger partial charge in [0.2, 0.25) is 0 Å². The van der Waals surface area contributed by atoms with Crippen LogP contribution in [0.25, 0.3) is 0 Å². The molecule has 3 heteroatoms. The normalized spacial score (nSPS) is 21.9. The van der Waals surface area contributed by atoms with Crippen LogP contribution in [0, 0.1) is 5.92 Å². The SMILES string of the molecule is CSC1CCCC1NCc1ccc(OCCC(C)C)cc1. The highest BCUT2D eigenvalue weighted by Crippen LogP contribution is 2.28. The Labute approximate surface area is 134 Å². The Hall–Kier alpha value is -0.670. The molecule has 1 aliphatic rings. The lowest BCUT2D eigenvalue weighted by Gasteiger charge is -2.19. The van der Waals surface area contributed by atoms with E-state index in [1.807, 2.05) is 11.8 Å². The summed E-state index contributed by atoms with van der Waals surface area (Å²) in [4.78, 5) is 0. The molecule has 0 heterocycles. The van der Waals surface area contributed by atoms with Crippen LogP contribution in [0.2, 0.25) is 0 Å². The van der Waals surface area contributed by atoms with E-state index in [2.05, 4.69) is 49.7 Å². The predicted octanol–water partition coefficient (Wildman–Crippen LogP) is 4.49. The van der Waals surface area contributed by atoms with E-state index in [0.717, 1.165) is 30.6 Å². The van der Waals surface area contributed by atoms with Gasteiger partial charge >= 0.3 is 0 Å². The fraction of sp³-hybridized carbons (Fsp3) is 0.667. The molecule has 1 aromatic rings. The molecule has 0 radical (unpaired) electrons. The standard InChI is InChI=1S/C18H29NOS/c1-14(2)11-12-20-16-9-7-15(8-10-16)13-19-17-5-4-6-18(17)21-3/h7-10,14,17-19H,4-6,11-13H2,1-3H3. The molecule has 118 valence electrons. The van der Waals surface area contributed by atoms with Crippen molar-refractivity contribution < 1.29 is 4.74 Å². The lowest BCUT2D eigenvalue weighted by Crippen LogP contribution is -2.33. The fourth-order valence-corrected chi connectivity index (χ4v) is 3.77. The monoisotopic (exact) mass is 307 g/mol. The van der Waals surface area contributed by atoms with E-state index in [1.165, 1.54) is 24.8 Å². The van der Waals surface area contributed by atoms with Crippen LogP contribution in [-0.4, -0.2) is 24.2 Å². The zero-order valence-corrected chi connectivity index (χ0v) is 14.4. The number of nitrogens with one attached hydrogen (secondary N) is 1. The molecular weight excluding hydrogens is 278 g/mol. The maximum atomic E-state index is 5.76. The van der Waals surface area contributed by atoms with Gasteiger partial charge in [0.25, 0.3) is 0 Å². The second-order valence-electron chi connectivity index (χ2n) is 6.37. The van der Waals surface area contributed by atoms with E-state index in [9.17, 15) is 0 Å². The van der Waals surface area contributed by atoms with Crippen molar-refractivity contribution in [3.8, 4) is 5.75 Å². The summed E-state index contributed by atoms with van der Waals surface area (Å²) in [6.45, 7) is 6.23. The first-order chi connectivity index (χ1) is 10.2. The van der Waals surface area contributed by atoms with E-state index in [4.69, 9.17) is 4.74 Å². The number of ether oxygens (including phenoxy) is 1. The van der Waals surface area contributed by atoms with E-state index < -0.39 is 0 Å². The van der Waals surface area contributed by atoms with Crippen LogP contribution in [0.1, 0.15) is 45.1 Å². The highest BCUT2D eigenvalue weighted by atomic mass is 32.2. The molecule has 2 rings (SSSR count). The summed E-state index contributed by atoms with van der Waals surface area (Å²) in [6, 6.07) is 9.24. The van der Waals surface area contributed by atoms with Crippen LogP contribution in [-0.2, 0) is 6.54 Å². The first-order valence-electron chi connectivity index (χ1n) is 8.17. The first kappa shape index (κ1) is 16.7. The zero-order valence-electron chi connectivity index (χ0n) is 13.6. The predicted molar refractivity (Wildman–Crippen MR) is 93.2 cm³/mol. The van der Waals surface area contributed by atoms with Crippen molar-refractivity contribution in [2.45, 2.75) is 57.4 Å². The Morgan fingerprint density at radius 2 is 2.00 bits per heavy atom. The van der Waals surface area contributed by atoms with Crippen molar-refractivity contribution in [3.05, 3.63) is 29.8 Å². The number of benzene rings is 1.